The van der Waals surface area contributed by atoms with E-state index in [1.165, 1.54) is 0 Å². The number of methoxy groups -OCH3 is 1. The summed E-state index contributed by atoms with van der Waals surface area (Å²) >= 11 is 12.9. The van der Waals surface area contributed by atoms with Crippen LogP contribution in [0, 0.1) is 0 Å². The molecule has 0 radical (unpaired) electrons. The van der Waals surface area contributed by atoms with Crippen molar-refractivity contribution in [2.24, 2.45) is 4.99 Å². The normalized spacial score (nSPS) is 14.3. The van der Waals surface area contributed by atoms with Crippen molar-refractivity contribution < 1.29 is 19.0 Å². The molecule has 8 heteroatoms. The molecule has 3 aromatic carbocycles. The minimum atomic E-state index is -0.516. The van der Waals surface area contributed by atoms with Gasteiger partial charge < -0.3 is 14.2 Å². The Morgan fingerprint density at radius 1 is 1.09 bits per heavy atom. The lowest BCUT2D eigenvalue weighted by molar-refractivity contribution is -0.129. The van der Waals surface area contributed by atoms with Crippen LogP contribution in [0.15, 0.2) is 80.3 Å². The molecule has 3 aromatic rings. The number of carbonyl (C=O) groups is 1. The topological polar surface area (TPSA) is 57.1 Å². The third-order valence-electron chi connectivity index (χ3n) is 4.54. The van der Waals surface area contributed by atoms with Gasteiger partial charge in [-0.1, -0.05) is 45.7 Å². The summed E-state index contributed by atoms with van der Waals surface area (Å²) in [7, 11) is 1.56. The lowest BCUT2D eigenvalue weighted by atomic mass is 10.1. The Labute approximate surface area is 206 Å². The number of rotatable bonds is 6. The average molecular weight is 578 g/mol. The van der Waals surface area contributed by atoms with Gasteiger partial charge in [0.1, 0.15) is 6.61 Å². The van der Waals surface area contributed by atoms with Gasteiger partial charge >= 0.3 is 5.97 Å². The predicted octanol–water partition coefficient (Wildman–Crippen LogP) is 6.80. The molecular formula is C24H16Br2ClNO4. The summed E-state index contributed by atoms with van der Waals surface area (Å²) in [5, 5.41) is 0.668. The highest BCUT2D eigenvalue weighted by Gasteiger charge is 2.24. The standard InChI is InChI=1S/C24H16Br2ClNO4/c1-30-21-11-15(9-19(26)22(21)31-13-14-5-7-18(27)8-6-14)10-20-24(29)32-23(28-20)16-3-2-4-17(25)12-16/h2-12H,13H2,1H3/b20-10-. The fourth-order valence-corrected chi connectivity index (χ4v) is 4.11. The van der Waals surface area contributed by atoms with E-state index >= 15 is 0 Å². The second kappa shape index (κ2) is 9.90. The van der Waals surface area contributed by atoms with Crippen LogP contribution in [0.4, 0.5) is 0 Å². The van der Waals surface area contributed by atoms with Gasteiger partial charge in [-0.05, 0) is 75.6 Å². The molecule has 162 valence electrons. The lowest BCUT2D eigenvalue weighted by Gasteiger charge is -2.14. The maximum atomic E-state index is 12.3. The van der Waals surface area contributed by atoms with Gasteiger partial charge in [0.25, 0.3) is 0 Å². The fraction of sp³-hybridized carbons (Fsp3) is 0.0833. The highest BCUT2D eigenvalue weighted by atomic mass is 79.9. The van der Waals surface area contributed by atoms with Gasteiger partial charge in [0, 0.05) is 15.1 Å². The van der Waals surface area contributed by atoms with Crippen LogP contribution in [0.25, 0.3) is 6.08 Å². The average Bonchev–Trinajstić information content (AvgIpc) is 3.14. The molecule has 0 N–H and O–H groups in total. The number of halogens is 3. The minimum Gasteiger partial charge on any atom is -0.493 e. The van der Waals surface area contributed by atoms with Crippen LogP contribution >= 0.6 is 43.5 Å². The molecule has 5 nitrogen and oxygen atoms in total. The van der Waals surface area contributed by atoms with E-state index in [-0.39, 0.29) is 11.6 Å². The number of cyclic esters (lactones) is 1. The Morgan fingerprint density at radius 2 is 1.88 bits per heavy atom. The van der Waals surface area contributed by atoms with Crippen molar-refractivity contribution in [2.75, 3.05) is 7.11 Å². The highest BCUT2D eigenvalue weighted by molar-refractivity contribution is 9.10. The van der Waals surface area contributed by atoms with Crippen LogP contribution in [-0.2, 0) is 16.1 Å². The van der Waals surface area contributed by atoms with Gasteiger partial charge in [-0.3, -0.25) is 0 Å². The first-order chi connectivity index (χ1) is 15.4. The third-order valence-corrected chi connectivity index (χ3v) is 5.88. The van der Waals surface area contributed by atoms with E-state index in [1.54, 1.807) is 19.3 Å². The Balaban J connectivity index is 1.59. The van der Waals surface area contributed by atoms with E-state index in [0.29, 0.717) is 38.7 Å². The van der Waals surface area contributed by atoms with Gasteiger partial charge in [0.2, 0.25) is 5.90 Å². The van der Waals surface area contributed by atoms with Gasteiger partial charge in [-0.15, -0.1) is 0 Å². The molecule has 0 bridgehead atoms. The van der Waals surface area contributed by atoms with E-state index in [2.05, 4.69) is 36.9 Å². The first-order valence-corrected chi connectivity index (χ1v) is 11.4. The maximum absolute atomic E-state index is 12.3. The summed E-state index contributed by atoms with van der Waals surface area (Å²) in [5.74, 6) is 0.814. The molecular weight excluding hydrogens is 562 g/mol. The summed E-state index contributed by atoms with van der Waals surface area (Å²) < 4.78 is 18.4. The molecule has 0 spiro atoms. The molecule has 0 amide bonds. The zero-order valence-corrected chi connectivity index (χ0v) is 20.7. The number of hydrogen-bond donors (Lipinski definition) is 0. The van der Waals surface area contributed by atoms with Gasteiger partial charge in [-0.2, -0.15) is 0 Å². The summed E-state index contributed by atoms with van der Waals surface area (Å²) in [4.78, 5) is 16.7. The van der Waals surface area contributed by atoms with E-state index in [1.807, 2.05) is 54.6 Å². The molecule has 1 aliphatic heterocycles. The molecule has 1 aliphatic rings. The first-order valence-electron chi connectivity index (χ1n) is 9.46. The van der Waals surface area contributed by atoms with Gasteiger partial charge in [0.15, 0.2) is 17.2 Å². The molecule has 32 heavy (non-hydrogen) atoms. The summed E-state index contributed by atoms with van der Waals surface area (Å²) in [5.41, 5.74) is 2.58. The molecule has 0 atom stereocenters. The monoisotopic (exact) mass is 575 g/mol. The molecule has 0 saturated carbocycles. The minimum absolute atomic E-state index is 0.198. The Morgan fingerprint density at radius 3 is 2.59 bits per heavy atom. The molecule has 0 fully saturated rings. The van der Waals surface area contributed by atoms with Crippen LogP contribution < -0.4 is 9.47 Å². The quantitative estimate of drug-likeness (QED) is 0.239. The Bertz CT molecular complexity index is 1240. The number of carbonyl (C=O) groups excluding carboxylic acids is 1. The molecule has 4 rings (SSSR count). The SMILES string of the molecule is COc1cc(/C=C2\N=C(c3cccc(Br)c3)OC2=O)cc(Br)c1OCc1ccc(Cl)cc1. The lowest BCUT2D eigenvalue weighted by Crippen LogP contribution is -2.05. The van der Waals surface area contributed by atoms with E-state index < -0.39 is 5.97 Å². The predicted molar refractivity (Wildman–Crippen MR) is 131 cm³/mol. The number of aliphatic imine (C=N–C) groups is 1. The second-order valence-electron chi connectivity index (χ2n) is 6.80. The van der Waals surface area contributed by atoms with E-state index in [9.17, 15) is 4.79 Å². The van der Waals surface area contributed by atoms with Crippen molar-refractivity contribution in [1.29, 1.82) is 0 Å². The third kappa shape index (κ3) is 5.23. The van der Waals surface area contributed by atoms with Crippen molar-refractivity contribution in [2.45, 2.75) is 6.61 Å². The number of ether oxygens (including phenoxy) is 3. The number of hydrogen-bond acceptors (Lipinski definition) is 5. The van der Waals surface area contributed by atoms with Crippen LogP contribution in [0.2, 0.25) is 5.02 Å². The highest BCUT2D eigenvalue weighted by Crippen LogP contribution is 2.38. The van der Waals surface area contributed by atoms with Crippen molar-refractivity contribution in [3.8, 4) is 11.5 Å². The van der Waals surface area contributed by atoms with Gasteiger partial charge in [-0.25, -0.2) is 9.79 Å². The first kappa shape index (κ1) is 22.6. The molecule has 0 saturated heterocycles. The van der Waals surface area contributed by atoms with Gasteiger partial charge in [0.05, 0.1) is 11.6 Å². The fourth-order valence-electron chi connectivity index (χ4n) is 3.01. The molecule has 0 unspecified atom stereocenters. The Hall–Kier alpha value is -2.61. The number of benzene rings is 3. The number of esters is 1. The van der Waals surface area contributed by atoms with Crippen LogP contribution in [0.1, 0.15) is 16.7 Å². The van der Waals surface area contributed by atoms with Crippen molar-refractivity contribution in [3.05, 3.63) is 97.0 Å². The maximum Gasteiger partial charge on any atom is 0.363 e. The smallest absolute Gasteiger partial charge is 0.363 e. The van der Waals surface area contributed by atoms with Crippen LogP contribution in [0.3, 0.4) is 0 Å². The van der Waals surface area contributed by atoms with Crippen LogP contribution in [0.5, 0.6) is 11.5 Å². The van der Waals surface area contributed by atoms with Crippen molar-refractivity contribution in [1.82, 2.24) is 0 Å². The summed E-state index contributed by atoms with van der Waals surface area (Å²) in [6, 6.07) is 18.4. The zero-order chi connectivity index (χ0) is 22.7. The molecule has 0 aromatic heterocycles. The zero-order valence-electron chi connectivity index (χ0n) is 16.8. The van der Waals surface area contributed by atoms with E-state index in [0.717, 1.165) is 10.0 Å². The Kier molecular flexibility index (Phi) is 6.98. The second-order valence-corrected chi connectivity index (χ2v) is 9.00. The molecule has 1 heterocycles. The summed E-state index contributed by atoms with van der Waals surface area (Å²) in [6.45, 7) is 0.346. The van der Waals surface area contributed by atoms with Crippen molar-refractivity contribution >= 4 is 61.4 Å². The summed E-state index contributed by atoms with van der Waals surface area (Å²) in [6.07, 6.45) is 1.64. The van der Waals surface area contributed by atoms with Crippen LogP contribution in [-0.4, -0.2) is 19.0 Å². The largest absolute Gasteiger partial charge is 0.493 e. The number of nitrogens with zero attached hydrogens (tertiary/aromatic N) is 1. The van der Waals surface area contributed by atoms with E-state index in [4.69, 9.17) is 25.8 Å². The van der Waals surface area contributed by atoms with Crippen molar-refractivity contribution in [3.63, 3.8) is 0 Å². The molecule has 0 aliphatic carbocycles.